The zero-order valence-corrected chi connectivity index (χ0v) is 19.2. The maximum atomic E-state index is 11.5. The van der Waals surface area contributed by atoms with Crippen LogP contribution in [0.4, 0.5) is 0 Å². The normalized spacial score (nSPS) is 20.1. The molecule has 4 heteroatoms. The molecule has 3 unspecified atom stereocenters. The summed E-state index contributed by atoms with van der Waals surface area (Å²) in [5.41, 5.74) is 2.29. The highest BCUT2D eigenvalue weighted by molar-refractivity contribution is 5.86. The average molecular weight is 419 g/mol. The summed E-state index contributed by atoms with van der Waals surface area (Å²) < 4.78 is 11.2. The molecule has 1 saturated heterocycles. The van der Waals surface area contributed by atoms with Gasteiger partial charge in [-0.05, 0) is 51.4 Å². The van der Waals surface area contributed by atoms with Crippen LogP contribution in [0.25, 0.3) is 0 Å². The Bertz CT molecular complexity index is 582. The van der Waals surface area contributed by atoms with E-state index in [4.69, 9.17) is 9.47 Å². The van der Waals surface area contributed by atoms with Gasteiger partial charge in [0, 0.05) is 24.7 Å². The van der Waals surface area contributed by atoms with Gasteiger partial charge in [-0.25, -0.2) is 4.79 Å². The molecule has 3 atom stereocenters. The molecule has 0 aromatic carbocycles. The van der Waals surface area contributed by atoms with Gasteiger partial charge in [-0.3, -0.25) is 0 Å². The van der Waals surface area contributed by atoms with Crippen LogP contribution in [0.3, 0.4) is 0 Å². The number of carbonyl (C=O) groups excluding carboxylic acids is 1. The standard InChI is InChI=1S/C26H42O4/c1-6-7-8-9-23-13-15-25(29-18-23)14-12-21(4)10-11-22(5)16-24(17-27)19-30-26(28)20(2)3/h10-11,23-25,27H,2,4-9,12-19H2,1,3H3/b11-10-. The first-order valence-corrected chi connectivity index (χ1v) is 11.4. The molecule has 0 saturated carbocycles. The monoisotopic (exact) mass is 418 g/mol. The molecule has 0 amide bonds. The molecule has 0 aromatic heterocycles. The number of ether oxygens (including phenoxy) is 2. The van der Waals surface area contributed by atoms with Crippen molar-refractivity contribution < 1.29 is 19.4 Å². The van der Waals surface area contributed by atoms with Gasteiger partial charge in [-0.1, -0.05) is 69.2 Å². The summed E-state index contributed by atoms with van der Waals surface area (Å²) in [6.45, 7) is 16.6. The molecule has 4 nitrogen and oxygen atoms in total. The van der Waals surface area contributed by atoms with Crippen LogP contribution in [0.5, 0.6) is 0 Å². The maximum Gasteiger partial charge on any atom is 0.333 e. The minimum Gasteiger partial charge on any atom is -0.462 e. The van der Waals surface area contributed by atoms with Crippen LogP contribution in [0.15, 0.2) is 48.6 Å². The van der Waals surface area contributed by atoms with Gasteiger partial charge < -0.3 is 14.6 Å². The first-order chi connectivity index (χ1) is 14.3. The van der Waals surface area contributed by atoms with Gasteiger partial charge in [0.05, 0.1) is 12.7 Å². The summed E-state index contributed by atoms with van der Waals surface area (Å²) in [7, 11) is 0. The maximum absolute atomic E-state index is 11.5. The largest absolute Gasteiger partial charge is 0.462 e. The van der Waals surface area contributed by atoms with Gasteiger partial charge in [-0.2, -0.15) is 0 Å². The third-order valence-electron chi connectivity index (χ3n) is 5.63. The van der Waals surface area contributed by atoms with E-state index in [0.717, 1.165) is 42.9 Å². The molecule has 1 fully saturated rings. The van der Waals surface area contributed by atoms with E-state index in [2.05, 4.69) is 26.7 Å². The van der Waals surface area contributed by atoms with Crippen LogP contribution in [0.1, 0.15) is 71.6 Å². The Morgan fingerprint density at radius 1 is 1.17 bits per heavy atom. The van der Waals surface area contributed by atoms with Crippen LogP contribution in [-0.2, 0) is 14.3 Å². The number of unbranched alkanes of at least 4 members (excludes halogenated alkanes) is 2. The average Bonchev–Trinajstić information content (AvgIpc) is 2.74. The second kappa shape index (κ2) is 15.2. The smallest absolute Gasteiger partial charge is 0.333 e. The predicted molar refractivity (Wildman–Crippen MR) is 124 cm³/mol. The predicted octanol–water partition coefficient (Wildman–Crippen LogP) is 5.93. The van der Waals surface area contributed by atoms with Gasteiger partial charge in [0.1, 0.15) is 0 Å². The summed E-state index contributed by atoms with van der Waals surface area (Å²) in [5, 5.41) is 9.50. The molecule has 1 heterocycles. The second-order valence-electron chi connectivity index (χ2n) is 8.71. The topological polar surface area (TPSA) is 55.8 Å². The fourth-order valence-corrected chi connectivity index (χ4v) is 3.60. The van der Waals surface area contributed by atoms with E-state index < -0.39 is 5.97 Å². The van der Waals surface area contributed by atoms with Gasteiger partial charge in [0.25, 0.3) is 0 Å². The Labute approximate surface area is 183 Å². The van der Waals surface area contributed by atoms with E-state index in [1.54, 1.807) is 6.92 Å². The van der Waals surface area contributed by atoms with Crippen molar-refractivity contribution in [3.63, 3.8) is 0 Å². The molecule has 170 valence electrons. The minimum absolute atomic E-state index is 0.0598. The van der Waals surface area contributed by atoms with Crippen molar-refractivity contribution in [3.8, 4) is 0 Å². The summed E-state index contributed by atoms with van der Waals surface area (Å²) in [4.78, 5) is 11.5. The molecule has 0 aliphatic carbocycles. The van der Waals surface area contributed by atoms with E-state index in [0.29, 0.717) is 18.1 Å². The molecule has 0 radical (unpaired) electrons. The minimum atomic E-state index is -0.430. The highest BCUT2D eigenvalue weighted by Crippen LogP contribution is 2.26. The zero-order valence-electron chi connectivity index (χ0n) is 19.2. The van der Waals surface area contributed by atoms with Crippen LogP contribution < -0.4 is 0 Å². The van der Waals surface area contributed by atoms with Gasteiger partial charge >= 0.3 is 5.97 Å². The third kappa shape index (κ3) is 11.5. The molecule has 30 heavy (non-hydrogen) atoms. The number of esters is 1. The van der Waals surface area contributed by atoms with E-state index in [1.807, 2.05) is 12.2 Å². The molecule has 0 bridgehead atoms. The lowest BCUT2D eigenvalue weighted by atomic mass is 9.91. The Hall–Kier alpha value is -1.65. The van der Waals surface area contributed by atoms with Crippen LogP contribution in [-0.4, -0.2) is 37.0 Å². The Kier molecular flexibility index (Phi) is 13.4. The highest BCUT2D eigenvalue weighted by Gasteiger charge is 2.21. The molecule has 1 aliphatic heterocycles. The molecule has 0 aromatic rings. The van der Waals surface area contributed by atoms with Crippen molar-refractivity contribution in [3.05, 3.63) is 48.6 Å². The zero-order chi connectivity index (χ0) is 22.4. The summed E-state index contributed by atoms with van der Waals surface area (Å²) in [5.74, 6) is 0.146. The van der Waals surface area contributed by atoms with Crippen LogP contribution in [0.2, 0.25) is 0 Å². The molecular weight excluding hydrogens is 376 g/mol. The van der Waals surface area contributed by atoms with Crippen LogP contribution in [0, 0.1) is 11.8 Å². The van der Waals surface area contributed by atoms with Crippen molar-refractivity contribution in [2.45, 2.75) is 77.7 Å². The molecule has 0 spiro atoms. The highest BCUT2D eigenvalue weighted by atomic mass is 16.5. The van der Waals surface area contributed by atoms with E-state index in [-0.39, 0.29) is 19.1 Å². The second-order valence-corrected chi connectivity index (χ2v) is 8.71. The number of hydrogen-bond donors (Lipinski definition) is 1. The SMILES string of the molecule is C=C(/C=C\C(=C)CC(CO)COC(=O)C(=C)C)CCC1CCC(CCCCC)CO1. The molecule has 1 N–H and O–H groups in total. The summed E-state index contributed by atoms with van der Waals surface area (Å²) >= 11 is 0. The first kappa shape index (κ1) is 26.4. The van der Waals surface area contributed by atoms with Crippen molar-refractivity contribution in [1.82, 2.24) is 0 Å². The summed E-state index contributed by atoms with van der Waals surface area (Å²) in [6.07, 6.45) is 14.4. The molecular formula is C26H42O4. The fraction of sp³-hybridized carbons (Fsp3) is 0.654. The van der Waals surface area contributed by atoms with Crippen molar-refractivity contribution in [2.24, 2.45) is 11.8 Å². The van der Waals surface area contributed by atoms with Crippen molar-refractivity contribution >= 4 is 5.97 Å². The molecule has 1 aliphatic rings. The van der Waals surface area contributed by atoms with Gasteiger partial charge in [0.2, 0.25) is 0 Å². The number of allylic oxidation sites excluding steroid dienone is 4. The fourth-order valence-electron chi connectivity index (χ4n) is 3.60. The third-order valence-corrected chi connectivity index (χ3v) is 5.63. The lowest BCUT2D eigenvalue weighted by Crippen LogP contribution is -2.25. The lowest BCUT2D eigenvalue weighted by molar-refractivity contribution is -0.140. The number of aliphatic hydroxyl groups is 1. The Morgan fingerprint density at radius 3 is 2.50 bits per heavy atom. The Morgan fingerprint density at radius 2 is 1.90 bits per heavy atom. The number of hydrogen-bond acceptors (Lipinski definition) is 4. The van der Waals surface area contributed by atoms with E-state index in [9.17, 15) is 9.90 Å². The quantitative estimate of drug-likeness (QED) is 0.155. The number of carbonyl (C=O) groups is 1. The summed E-state index contributed by atoms with van der Waals surface area (Å²) in [6, 6.07) is 0. The van der Waals surface area contributed by atoms with Gasteiger partial charge in [-0.15, -0.1) is 0 Å². The number of rotatable bonds is 15. The van der Waals surface area contributed by atoms with E-state index >= 15 is 0 Å². The number of aliphatic hydroxyl groups excluding tert-OH is 1. The van der Waals surface area contributed by atoms with Crippen molar-refractivity contribution in [2.75, 3.05) is 19.8 Å². The van der Waals surface area contributed by atoms with Gasteiger partial charge in [0.15, 0.2) is 0 Å². The molecule has 1 rings (SSSR count). The van der Waals surface area contributed by atoms with Crippen LogP contribution >= 0.6 is 0 Å². The van der Waals surface area contributed by atoms with Crippen molar-refractivity contribution in [1.29, 1.82) is 0 Å². The Balaban J connectivity index is 2.24. The first-order valence-electron chi connectivity index (χ1n) is 11.4. The van der Waals surface area contributed by atoms with E-state index in [1.165, 1.54) is 32.1 Å². The lowest BCUT2D eigenvalue weighted by Gasteiger charge is -2.29.